The number of alkyl halides is 6. The maximum Gasteiger partial charge on any atom is 0.422 e. The Labute approximate surface area is 229 Å². The Morgan fingerprint density at radius 2 is 1.61 bits per heavy atom. The monoisotopic (exact) mass is 582 g/mol. The molecule has 2 N–H and O–H groups in total. The van der Waals surface area contributed by atoms with E-state index in [0.717, 1.165) is 5.69 Å². The Morgan fingerprint density at radius 3 is 2.17 bits per heavy atom. The van der Waals surface area contributed by atoms with Gasteiger partial charge in [0, 0.05) is 29.1 Å². The summed E-state index contributed by atoms with van der Waals surface area (Å²) in [7, 11) is 0. The van der Waals surface area contributed by atoms with Crippen molar-refractivity contribution in [1.29, 1.82) is 0 Å². The normalized spacial score (nSPS) is 11.7. The molecular formula is C27H22F6N3O5-. The van der Waals surface area contributed by atoms with Crippen molar-refractivity contribution in [2.75, 3.05) is 17.2 Å². The molecule has 0 aliphatic heterocycles. The van der Waals surface area contributed by atoms with Crippen LogP contribution in [-0.4, -0.2) is 35.6 Å². The summed E-state index contributed by atoms with van der Waals surface area (Å²) < 4.78 is 82.6. The van der Waals surface area contributed by atoms with Crippen LogP contribution in [0, 0.1) is 0 Å². The van der Waals surface area contributed by atoms with Crippen LogP contribution >= 0.6 is 0 Å². The Bertz CT molecular complexity index is 1440. The fourth-order valence-electron chi connectivity index (χ4n) is 3.63. The highest BCUT2D eigenvalue weighted by atomic mass is 19.4. The van der Waals surface area contributed by atoms with Gasteiger partial charge in [0.1, 0.15) is 11.8 Å². The summed E-state index contributed by atoms with van der Waals surface area (Å²) in [5.41, 5.74) is -1.01. The summed E-state index contributed by atoms with van der Waals surface area (Å²) in [6.45, 7) is 1.85. The minimum absolute atomic E-state index is 0.102. The zero-order valence-corrected chi connectivity index (χ0v) is 21.4. The number of carbonyl (C=O) groups excluding carboxylic acids is 3. The van der Waals surface area contributed by atoms with Crippen LogP contribution in [0.3, 0.4) is 0 Å². The molecule has 2 amide bonds. The number of carboxylic acid groups (broad SMARTS) is 1. The number of nitrogens with one attached hydrogen (secondary N) is 2. The average Bonchev–Trinajstić information content (AvgIpc) is 2.87. The lowest BCUT2D eigenvalue weighted by molar-refractivity contribution is -0.242. The van der Waals surface area contributed by atoms with Crippen molar-refractivity contribution < 1.29 is 50.6 Å². The number of halogens is 6. The van der Waals surface area contributed by atoms with Crippen LogP contribution in [-0.2, 0) is 11.0 Å². The lowest BCUT2D eigenvalue weighted by Crippen LogP contribution is -2.30. The molecule has 0 radical (unpaired) electrons. The molecule has 0 aliphatic rings. The van der Waals surface area contributed by atoms with E-state index < -0.39 is 65.9 Å². The number of hydrogen-bond donors (Lipinski definition) is 2. The van der Waals surface area contributed by atoms with Gasteiger partial charge in [-0.3, -0.25) is 14.6 Å². The first-order valence-corrected chi connectivity index (χ1v) is 11.9. The molecule has 1 aromatic heterocycles. The molecule has 0 atom stereocenters. The smallest absolute Gasteiger partial charge is 0.422 e. The van der Waals surface area contributed by atoms with E-state index in [1.54, 1.807) is 23.6 Å². The van der Waals surface area contributed by atoms with Gasteiger partial charge >= 0.3 is 12.4 Å². The molecule has 3 aromatic rings. The molecule has 3 rings (SSSR count). The van der Waals surface area contributed by atoms with Crippen molar-refractivity contribution in [3.8, 4) is 16.9 Å². The molecule has 0 spiro atoms. The standard InChI is InChI=1S/C27H23F6N3O5/c1-14(2)19-7-6-17(12-34-19)15-4-3-5-16(8-15)22(37)11-24(38)35-20-9-18(27(31,32)33)23(41-13-26(28,29)30)10-21(20)36-25(39)40/h3-10,12,14,36H,11,13H2,1-2H3,(H,35,38)(H,39,40)/p-1. The minimum atomic E-state index is -5.25. The zero-order chi connectivity index (χ0) is 30.5. The van der Waals surface area contributed by atoms with E-state index in [1.807, 2.05) is 31.3 Å². The zero-order valence-electron chi connectivity index (χ0n) is 21.4. The molecule has 14 heteroatoms. The van der Waals surface area contributed by atoms with Crippen LogP contribution in [0.4, 0.5) is 42.5 Å². The Kier molecular flexibility index (Phi) is 9.25. The maximum atomic E-state index is 13.6. The van der Waals surface area contributed by atoms with Gasteiger partial charge in [-0.15, -0.1) is 0 Å². The van der Waals surface area contributed by atoms with Crippen molar-refractivity contribution in [2.45, 2.75) is 38.5 Å². The molecule has 1 heterocycles. The first-order chi connectivity index (χ1) is 19.0. The molecule has 41 heavy (non-hydrogen) atoms. The second-order valence-electron chi connectivity index (χ2n) is 9.06. The SMILES string of the molecule is CC(C)c1ccc(-c2cccc(C(=O)CC(=O)Nc3cc(C(F)(F)F)c(OCC(F)(F)F)cc3NC(=O)[O-])c2)cn1. The third kappa shape index (κ3) is 8.68. The van der Waals surface area contributed by atoms with E-state index in [-0.39, 0.29) is 17.5 Å². The van der Waals surface area contributed by atoms with Crippen LogP contribution in [0.25, 0.3) is 11.1 Å². The lowest BCUT2D eigenvalue weighted by Gasteiger charge is -2.20. The molecule has 0 saturated carbocycles. The summed E-state index contributed by atoms with van der Waals surface area (Å²) in [6, 6.07) is 10.3. The van der Waals surface area contributed by atoms with Crippen molar-refractivity contribution >= 4 is 29.2 Å². The van der Waals surface area contributed by atoms with Gasteiger partial charge in [0.2, 0.25) is 5.91 Å². The maximum absolute atomic E-state index is 13.6. The van der Waals surface area contributed by atoms with E-state index in [2.05, 4.69) is 9.72 Å². The van der Waals surface area contributed by atoms with Crippen LogP contribution < -0.4 is 20.5 Å². The number of pyridine rings is 1. The van der Waals surface area contributed by atoms with Gasteiger partial charge in [-0.2, -0.15) is 26.3 Å². The van der Waals surface area contributed by atoms with Crippen LogP contribution in [0.15, 0.2) is 54.7 Å². The van der Waals surface area contributed by atoms with Gasteiger partial charge in [-0.25, -0.2) is 0 Å². The summed E-state index contributed by atoms with van der Waals surface area (Å²) >= 11 is 0. The molecule has 2 aromatic carbocycles. The van der Waals surface area contributed by atoms with Gasteiger partial charge in [0.15, 0.2) is 12.4 Å². The van der Waals surface area contributed by atoms with Crippen molar-refractivity contribution in [2.24, 2.45) is 0 Å². The van der Waals surface area contributed by atoms with E-state index >= 15 is 0 Å². The number of rotatable bonds is 9. The fraction of sp³-hybridized carbons (Fsp3) is 0.259. The Hall–Kier alpha value is -4.62. The van der Waals surface area contributed by atoms with Crippen molar-refractivity contribution in [1.82, 2.24) is 4.98 Å². The topological polar surface area (TPSA) is 120 Å². The molecular weight excluding hydrogens is 560 g/mol. The predicted molar refractivity (Wildman–Crippen MR) is 133 cm³/mol. The number of ether oxygens (including phenoxy) is 1. The molecule has 0 saturated heterocycles. The summed E-state index contributed by atoms with van der Waals surface area (Å²) in [4.78, 5) is 40.8. The first-order valence-electron chi connectivity index (χ1n) is 11.9. The van der Waals surface area contributed by atoms with Crippen LogP contribution in [0.2, 0.25) is 0 Å². The Morgan fingerprint density at radius 1 is 0.927 bits per heavy atom. The summed E-state index contributed by atoms with van der Waals surface area (Å²) in [6.07, 6.45) is -11.5. The summed E-state index contributed by atoms with van der Waals surface area (Å²) in [5, 5.41) is 14.6. The van der Waals surface area contributed by atoms with Gasteiger partial charge in [0.25, 0.3) is 0 Å². The third-order valence-corrected chi connectivity index (χ3v) is 5.54. The van der Waals surface area contributed by atoms with Crippen molar-refractivity contribution in [3.05, 3.63) is 71.5 Å². The van der Waals surface area contributed by atoms with E-state index in [9.17, 15) is 45.8 Å². The lowest BCUT2D eigenvalue weighted by atomic mass is 10.00. The molecule has 8 nitrogen and oxygen atoms in total. The highest BCUT2D eigenvalue weighted by Gasteiger charge is 2.37. The molecule has 0 unspecified atom stereocenters. The number of ketones is 1. The Balaban J connectivity index is 1.85. The van der Waals surface area contributed by atoms with Crippen molar-refractivity contribution in [3.63, 3.8) is 0 Å². The number of benzene rings is 2. The number of amides is 2. The largest absolute Gasteiger partial charge is 0.530 e. The highest BCUT2D eigenvalue weighted by molar-refractivity contribution is 6.12. The number of anilines is 2. The number of nitrogens with zero attached hydrogens (tertiary/aromatic N) is 1. The molecule has 218 valence electrons. The fourth-order valence-corrected chi connectivity index (χ4v) is 3.63. The van der Waals surface area contributed by atoms with E-state index in [4.69, 9.17) is 0 Å². The second kappa shape index (κ2) is 12.3. The average molecular weight is 582 g/mol. The number of aromatic nitrogens is 1. The molecule has 0 fully saturated rings. The molecule has 0 aliphatic carbocycles. The van der Waals surface area contributed by atoms with Gasteiger partial charge < -0.3 is 25.3 Å². The van der Waals surface area contributed by atoms with Crippen LogP contribution in [0.5, 0.6) is 5.75 Å². The number of carbonyl (C=O) groups is 3. The van der Waals surface area contributed by atoms with E-state index in [0.29, 0.717) is 17.2 Å². The number of hydrogen-bond acceptors (Lipinski definition) is 6. The minimum Gasteiger partial charge on any atom is -0.530 e. The van der Waals surface area contributed by atoms with Gasteiger partial charge in [-0.05, 0) is 29.7 Å². The van der Waals surface area contributed by atoms with Gasteiger partial charge in [-0.1, -0.05) is 38.1 Å². The number of Topliss-reactive ketones (excluding diaryl/α,β-unsaturated/α-hetero) is 1. The highest BCUT2D eigenvalue weighted by Crippen LogP contribution is 2.42. The quantitative estimate of drug-likeness (QED) is 0.187. The van der Waals surface area contributed by atoms with E-state index in [1.165, 1.54) is 12.1 Å². The predicted octanol–water partition coefficient (Wildman–Crippen LogP) is 5.80. The second-order valence-corrected chi connectivity index (χ2v) is 9.06. The van der Waals surface area contributed by atoms with Crippen LogP contribution in [0.1, 0.15) is 47.8 Å². The first kappa shape index (κ1) is 30.9. The summed E-state index contributed by atoms with van der Waals surface area (Å²) in [5.74, 6) is -2.98. The third-order valence-electron chi connectivity index (χ3n) is 5.54. The molecule has 0 bridgehead atoms. The van der Waals surface area contributed by atoms with Gasteiger partial charge in [0.05, 0.1) is 23.4 Å².